The monoisotopic (exact) mass is 474 g/mol. The minimum Gasteiger partial charge on any atom is -0.348 e. The molecule has 1 spiro atoms. The van der Waals surface area contributed by atoms with E-state index in [0.29, 0.717) is 29.8 Å². The van der Waals surface area contributed by atoms with Gasteiger partial charge in [-0.25, -0.2) is 9.97 Å². The Morgan fingerprint density at radius 2 is 1.94 bits per heavy atom. The van der Waals surface area contributed by atoms with Crippen molar-refractivity contribution in [2.24, 2.45) is 0 Å². The van der Waals surface area contributed by atoms with E-state index in [4.69, 9.17) is 0 Å². The van der Waals surface area contributed by atoms with Gasteiger partial charge in [0.25, 0.3) is 11.5 Å². The normalized spacial score (nSPS) is 16.6. The van der Waals surface area contributed by atoms with Crippen LogP contribution in [0, 0.1) is 13.8 Å². The summed E-state index contributed by atoms with van der Waals surface area (Å²) in [7, 11) is 0. The Kier molecular flexibility index (Phi) is 5.99. The Hall–Kier alpha value is -3.59. The molecule has 2 aromatic rings. The van der Waals surface area contributed by atoms with E-state index in [1.54, 1.807) is 19.9 Å². The van der Waals surface area contributed by atoms with E-state index in [0.717, 1.165) is 19.3 Å². The van der Waals surface area contributed by atoms with Crippen LogP contribution in [0.3, 0.4) is 0 Å². The highest BCUT2D eigenvalue weighted by molar-refractivity contribution is 5.97. The van der Waals surface area contributed by atoms with E-state index in [9.17, 15) is 22.8 Å². The van der Waals surface area contributed by atoms with Crippen molar-refractivity contribution in [3.63, 3.8) is 0 Å². The third-order valence-electron chi connectivity index (χ3n) is 6.22. The van der Waals surface area contributed by atoms with Crippen molar-refractivity contribution in [3.05, 3.63) is 57.7 Å². The van der Waals surface area contributed by atoms with Gasteiger partial charge in [-0.1, -0.05) is 13.0 Å². The zero-order chi connectivity index (χ0) is 24.7. The van der Waals surface area contributed by atoms with Crippen LogP contribution in [-0.4, -0.2) is 26.6 Å². The van der Waals surface area contributed by atoms with E-state index in [-0.39, 0.29) is 28.8 Å². The molecule has 1 aliphatic heterocycles. The number of nitrogens with one attached hydrogen (secondary N) is 3. The summed E-state index contributed by atoms with van der Waals surface area (Å²) >= 11 is 0. The molecule has 0 unspecified atom stereocenters. The molecule has 0 bridgehead atoms. The second kappa shape index (κ2) is 8.64. The number of fused-ring (bicyclic) bond motifs is 2. The van der Waals surface area contributed by atoms with Crippen molar-refractivity contribution >= 4 is 23.1 Å². The lowest BCUT2D eigenvalue weighted by molar-refractivity contribution is -0.126. The molecule has 0 aromatic carbocycles. The van der Waals surface area contributed by atoms with Gasteiger partial charge < -0.3 is 16.0 Å². The van der Waals surface area contributed by atoms with Gasteiger partial charge in [0.1, 0.15) is 29.1 Å². The Morgan fingerprint density at radius 3 is 2.59 bits per heavy atom. The quantitative estimate of drug-likeness (QED) is 0.556. The average Bonchev–Trinajstić information content (AvgIpc) is 3.04. The summed E-state index contributed by atoms with van der Waals surface area (Å²) in [6.07, 6.45) is -0.372. The summed E-state index contributed by atoms with van der Waals surface area (Å²) in [5.41, 5.74) is 2.42. The number of carbonyl (C=O) groups is 1. The van der Waals surface area contributed by atoms with E-state index in [1.165, 1.54) is 10.9 Å². The molecular weight excluding hydrogens is 449 g/mol. The van der Waals surface area contributed by atoms with Crippen LogP contribution in [0.25, 0.3) is 0 Å². The molecule has 2 aromatic heterocycles. The zero-order valence-corrected chi connectivity index (χ0v) is 18.9. The SMILES string of the molecule is C=C=C(CC(F)(F)F)Nc1c(C)ncnc1Nc1cc(C)c2n(c1=O)C1(CCCCC1)NC2=O. The van der Waals surface area contributed by atoms with Crippen LogP contribution in [0.4, 0.5) is 30.4 Å². The average molecular weight is 474 g/mol. The Morgan fingerprint density at radius 1 is 1.24 bits per heavy atom. The van der Waals surface area contributed by atoms with Crippen molar-refractivity contribution in [2.75, 3.05) is 10.6 Å². The van der Waals surface area contributed by atoms with Gasteiger partial charge in [-0.3, -0.25) is 14.2 Å². The van der Waals surface area contributed by atoms with Crippen LogP contribution in [0.2, 0.25) is 0 Å². The first-order valence-electron chi connectivity index (χ1n) is 11.0. The van der Waals surface area contributed by atoms with E-state index < -0.39 is 23.8 Å². The lowest BCUT2D eigenvalue weighted by Crippen LogP contribution is -2.48. The molecule has 0 atom stereocenters. The fraction of sp³-hybridized carbons (Fsp3) is 0.435. The maximum absolute atomic E-state index is 13.6. The van der Waals surface area contributed by atoms with Gasteiger partial charge in [0, 0.05) is 0 Å². The number of alkyl halides is 3. The summed E-state index contributed by atoms with van der Waals surface area (Å²) in [6.45, 7) is 6.67. The molecule has 1 aliphatic carbocycles. The predicted octanol–water partition coefficient (Wildman–Crippen LogP) is 4.39. The molecule has 1 amide bonds. The van der Waals surface area contributed by atoms with Crippen LogP contribution >= 0.6 is 0 Å². The zero-order valence-electron chi connectivity index (χ0n) is 18.9. The fourth-order valence-corrected chi connectivity index (χ4v) is 4.68. The molecular formula is C23H25F3N6O2. The van der Waals surface area contributed by atoms with Crippen LogP contribution in [-0.2, 0) is 5.66 Å². The van der Waals surface area contributed by atoms with Gasteiger partial charge in [-0.2, -0.15) is 13.2 Å². The number of rotatable bonds is 5. The minimum absolute atomic E-state index is 0.120. The molecule has 3 heterocycles. The number of amides is 1. The molecule has 3 N–H and O–H groups in total. The first kappa shape index (κ1) is 23.6. The first-order chi connectivity index (χ1) is 16.0. The minimum atomic E-state index is -4.46. The summed E-state index contributed by atoms with van der Waals surface area (Å²) in [5.74, 6) is -0.161. The number of hydrogen-bond acceptors (Lipinski definition) is 6. The van der Waals surface area contributed by atoms with Crippen LogP contribution in [0.1, 0.15) is 60.3 Å². The molecule has 11 heteroatoms. The van der Waals surface area contributed by atoms with Gasteiger partial charge in [0.05, 0.1) is 17.8 Å². The lowest BCUT2D eigenvalue weighted by Gasteiger charge is -2.35. The maximum atomic E-state index is 13.6. The molecule has 0 radical (unpaired) electrons. The van der Waals surface area contributed by atoms with Crippen molar-refractivity contribution < 1.29 is 18.0 Å². The highest BCUT2D eigenvalue weighted by Crippen LogP contribution is 2.38. The van der Waals surface area contributed by atoms with Crippen molar-refractivity contribution in [2.45, 2.75) is 64.2 Å². The Labute approximate surface area is 194 Å². The van der Waals surface area contributed by atoms with Gasteiger partial charge in [-0.15, -0.1) is 5.73 Å². The molecule has 180 valence electrons. The second-order valence-electron chi connectivity index (χ2n) is 8.66. The number of nitrogens with zero attached hydrogens (tertiary/aromatic N) is 3. The number of carbonyl (C=O) groups excluding carboxylic acids is 1. The summed E-state index contributed by atoms with van der Waals surface area (Å²) in [6, 6.07) is 1.55. The molecule has 1 fully saturated rings. The third-order valence-corrected chi connectivity index (χ3v) is 6.22. The van der Waals surface area contributed by atoms with Gasteiger partial charge in [0.2, 0.25) is 0 Å². The van der Waals surface area contributed by atoms with Crippen molar-refractivity contribution in [1.82, 2.24) is 19.9 Å². The van der Waals surface area contributed by atoms with Crippen molar-refractivity contribution in [3.8, 4) is 0 Å². The van der Waals surface area contributed by atoms with Gasteiger partial charge >= 0.3 is 6.18 Å². The van der Waals surface area contributed by atoms with Crippen molar-refractivity contribution in [1.29, 1.82) is 0 Å². The highest BCUT2D eigenvalue weighted by Gasteiger charge is 2.45. The number of aromatic nitrogens is 3. The highest BCUT2D eigenvalue weighted by atomic mass is 19.4. The molecule has 0 saturated heterocycles. The number of allylic oxidation sites excluding steroid dienone is 1. The first-order valence-corrected chi connectivity index (χ1v) is 11.0. The number of pyridine rings is 1. The molecule has 1 saturated carbocycles. The van der Waals surface area contributed by atoms with Gasteiger partial charge in [0.15, 0.2) is 5.82 Å². The van der Waals surface area contributed by atoms with E-state index in [2.05, 4.69) is 38.2 Å². The fourth-order valence-electron chi connectivity index (χ4n) is 4.68. The van der Waals surface area contributed by atoms with E-state index >= 15 is 0 Å². The standard InChI is InChI=1S/C23H25F3N6O2/c1-4-15(11-23(24,25)26)29-17-14(3)27-12-28-19(17)30-16-10-13(2)18-20(33)31-22(32(18)21(16)34)8-6-5-7-9-22/h10,12,29H,1,5-9,11H2,2-3H3,(H,31,33)(H,27,28,30). The summed E-state index contributed by atoms with van der Waals surface area (Å²) in [5, 5.41) is 8.62. The maximum Gasteiger partial charge on any atom is 0.395 e. The smallest absolute Gasteiger partial charge is 0.348 e. The topological polar surface area (TPSA) is 101 Å². The number of hydrogen-bond donors (Lipinski definition) is 3. The summed E-state index contributed by atoms with van der Waals surface area (Å²) < 4.78 is 40.3. The lowest BCUT2D eigenvalue weighted by atomic mass is 9.89. The van der Waals surface area contributed by atoms with Crippen LogP contribution < -0.4 is 21.5 Å². The predicted molar refractivity (Wildman–Crippen MR) is 121 cm³/mol. The molecule has 2 aliphatic rings. The molecule has 8 nitrogen and oxygen atoms in total. The van der Waals surface area contributed by atoms with E-state index in [1.807, 2.05) is 0 Å². The number of halogens is 3. The Bertz CT molecular complexity index is 1250. The van der Waals surface area contributed by atoms with Crippen LogP contribution in [0.15, 0.2) is 35.2 Å². The Balaban J connectivity index is 1.75. The molecule has 4 rings (SSSR count). The van der Waals surface area contributed by atoms with Crippen LogP contribution in [0.5, 0.6) is 0 Å². The second-order valence-corrected chi connectivity index (χ2v) is 8.66. The molecule has 34 heavy (non-hydrogen) atoms. The number of anilines is 3. The third kappa shape index (κ3) is 4.31. The largest absolute Gasteiger partial charge is 0.395 e. The summed E-state index contributed by atoms with van der Waals surface area (Å²) in [4.78, 5) is 34.5. The van der Waals surface area contributed by atoms with Gasteiger partial charge in [-0.05, 0) is 51.2 Å². The number of aryl methyl sites for hydroxylation is 2.